The van der Waals surface area contributed by atoms with E-state index >= 15 is 0 Å². The molecule has 160 valence electrons. The maximum atomic E-state index is 12.4. The van der Waals surface area contributed by atoms with E-state index in [0.29, 0.717) is 24.9 Å². The van der Waals surface area contributed by atoms with Crippen LogP contribution in [0.4, 0.5) is 0 Å². The van der Waals surface area contributed by atoms with E-state index in [9.17, 15) is 4.79 Å². The fourth-order valence-electron chi connectivity index (χ4n) is 3.87. The van der Waals surface area contributed by atoms with Gasteiger partial charge in [-0.05, 0) is 43.0 Å². The van der Waals surface area contributed by atoms with E-state index < -0.39 is 0 Å². The largest absolute Gasteiger partial charge is 0.497 e. The molecule has 1 aromatic heterocycles. The first kappa shape index (κ1) is 22.2. The first-order valence-corrected chi connectivity index (χ1v) is 11.4. The number of nitriles is 1. The number of thioether (sulfide) groups is 1. The van der Waals surface area contributed by atoms with Crippen molar-refractivity contribution in [3.8, 4) is 23.2 Å². The Kier molecular flexibility index (Phi) is 7.75. The molecular formula is C22H29N5O2S. The van der Waals surface area contributed by atoms with E-state index in [-0.39, 0.29) is 11.7 Å². The fraction of sp³-hybridized carbons (Fsp3) is 0.545. The van der Waals surface area contributed by atoms with Gasteiger partial charge in [0.2, 0.25) is 5.91 Å². The Labute approximate surface area is 182 Å². The van der Waals surface area contributed by atoms with Crippen LogP contribution in [0.5, 0.6) is 5.75 Å². The Bertz CT molecular complexity index is 890. The van der Waals surface area contributed by atoms with Crippen molar-refractivity contribution in [3.05, 3.63) is 24.3 Å². The van der Waals surface area contributed by atoms with Gasteiger partial charge >= 0.3 is 0 Å². The molecule has 30 heavy (non-hydrogen) atoms. The van der Waals surface area contributed by atoms with Gasteiger partial charge < -0.3 is 9.64 Å². The number of nitrogens with zero attached hydrogens (tertiary/aromatic N) is 5. The quantitative estimate of drug-likeness (QED) is 0.588. The van der Waals surface area contributed by atoms with Crippen LogP contribution in [0, 0.1) is 17.2 Å². The Balaban J connectivity index is 1.86. The van der Waals surface area contributed by atoms with Crippen LogP contribution in [-0.4, -0.2) is 52.0 Å². The molecule has 0 aliphatic heterocycles. The van der Waals surface area contributed by atoms with Crippen LogP contribution in [0.1, 0.15) is 45.1 Å². The molecule has 2 atom stereocenters. The number of rotatable bonds is 8. The highest BCUT2D eigenvalue weighted by Crippen LogP contribution is 2.39. The van der Waals surface area contributed by atoms with Crippen molar-refractivity contribution in [1.29, 1.82) is 5.26 Å². The zero-order valence-corrected chi connectivity index (χ0v) is 18.7. The van der Waals surface area contributed by atoms with Crippen molar-refractivity contribution in [2.24, 2.45) is 5.92 Å². The lowest BCUT2D eigenvalue weighted by Gasteiger charge is -2.31. The molecule has 7 nitrogen and oxygen atoms in total. The number of amides is 1. The lowest BCUT2D eigenvalue weighted by atomic mass is 9.85. The summed E-state index contributed by atoms with van der Waals surface area (Å²) in [5.41, 5.74) is 0.991. The minimum absolute atomic E-state index is 0.00695. The van der Waals surface area contributed by atoms with Crippen molar-refractivity contribution in [2.45, 2.75) is 50.2 Å². The topological polar surface area (TPSA) is 84.0 Å². The van der Waals surface area contributed by atoms with Crippen LogP contribution >= 0.6 is 11.8 Å². The molecular weight excluding hydrogens is 398 g/mol. The highest BCUT2D eigenvalue weighted by atomic mass is 32.2. The Morgan fingerprint density at radius 2 is 2.03 bits per heavy atom. The maximum absolute atomic E-state index is 12.4. The summed E-state index contributed by atoms with van der Waals surface area (Å²) in [5.74, 6) is 2.44. The van der Waals surface area contributed by atoms with Gasteiger partial charge in [-0.15, -0.1) is 10.2 Å². The fourth-order valence-corrected chi connectivity index (χ4v) is 4.80. The van der Waals surface area contributed by atoms with Crippen molar-refractivity contribution in [3.63, 3.8) is 0 Å². The number of carbonyl (C=O) groups excluding carboxylic acids is 1. The number of hydrogen-bond acceptors (Lipinski definition) is 6. The van der Waals surface area contributed by atoms with E-state index in [0.717, 1.165) is 28.7 Å². The minimum atomic E-state index is -0.00695. The van der Waals surface area contributed by atoms with E-state index in [2.05, 4.69) is 27.8 Å². The number of aromatic nitrogens is 3. The molecule has 0 spiro atoms. The molecule has 2 unspecified atom stereocenters. The van der Waals surface area contributed by atoms with Gasteiger partial charge in [0, 0.05) is 25.2 Å². The lowest BCUT2D eigenvalue weighted by molar-refractivity contribution is -0.127. The predicted octanol–water partition coefficient (Wildman–Crippen LogP) is 4.17. The molecule has 1 heterocycles. The third-order valence-electron chi connectivity index (χ3n) is 5.72. The van der Waals surface area contributed by atoms with Crippen LogP contribution in [0.15, 0.2) is 29.4 Å². The first-order valence-electron chi connectivity index (χ1n) is 10.4. The average molecular weight is 428 g/mol. The summed E-state index contributed by atoms with van der Waals surface area (Å²) in [6, 6.07) is 10.3. The van der Waals surface area contributed by atoms with E-state index in [1.54, 1.807) is 19.1 Å². The average Bonchev–Trinajstić information content (AvgIpc) is 3.19. The zero-order valence-electron chi connectivity index (χ0n) is 17.9. The molecule has 0 saturated heterocycles. The second-order valence-electron chi connectivity index (χ2n) is 7.75. The van der Waals surface area contributed by atoms with Crippen LogP contribution < -0.4 is 4.74 Å². The summed E-state index contributed by atoms with van der Waals surface area (Å²) in [6.45, 7) is 2.73. The summed E-state index contributed by atoms with van der Waals surface area (Å²) in [4.78, 5) is 14.0. The number of carbonyl (C=O) groups is 1. The molecule has 1 amide bonds. The van der Waals surface area contributed by atoms with E-state index in [1.165, 1.54) is 31.0 Å². The number of methoxy groups -OCH3 is 1. The minimum Gasteiger partial charge on any atom is -0.497 e. The molecule has 2 aromatic rings. The van der Waals surface area contributed by atoms with Crippen molar-refractivity contribution < 1.29 is 9.53 Å². The highest BCUT2D eigenvalue weighted by molar-refractivity contribution is 7.99. The highest BCUT2D eigenvalue weighted by Gasteiger charge is 2.29. The molecule has 1 aliphatic carbocycles. The van der Waals surface area contributed by atoms with Crippen molar-refractivity contribution >= 4 is 17.7 Å². The summed E-state index contributed by atoms with van der Waals surface area (Å²) in [7, 11) is 3.39. The second kappa shape index (κ2) is 10.5. The summed E-state index contributed by atoms with van der Waals surface area (Å²) in [6.07, 6.45) is 5.05. The van der Waals surface area contributed by atoms with Gasteiger partial charge in [-0.3, -0.25) is 9.36 Å². The molecule has 1 aromatic carbocycles. The monoisotopic (exact) mass is 427 g/mol. The Hall–Kier alpha value is -2.53. The molecule has 0 N–H and O–H groups in total. The SMILES string of the molecule is COc1ccc(-c2nnc(SCC(=O)N(C)CCC#N)n2C2CCCCC2C)cc1. The summed E-state index contributed by atoms with van der Waals surface area (Å²) < 4.78 is 7.51. The number of hydrogen-bond donors (Lipinski definition) is 0. The van der Waals surface area contributed by atoms with Gasteiger partial charge in [0.05, 0.1) is 25.4 Å². The standard InChI is InChI=1S/C22H29N5O2S/c1-16-7-4-5-8-19(16)27-21(17-9-11-18(29-3)12-10-17)24-25-22(27)30-15-20(28)26(2)14-6-13-23/h9-12,16,19H,4-8,14-15H2,1-3H3. The second-order valence-corrected chi connectivity index (χ2v) is 8.69. The smallest absolute Gasteiger partial charge is 0.232 e. The van der Waals surface area contributed by atoms with E-state index in [1.807, 2.05) is 24.3 Å². The molecule has 3 rings (SSSR count). The van der Waals surface area contributed by atoms with Gasteiger partial charge in [0.1, 0.15) is 5.75 Å². The van der Waals surface area contributed by atoms with Crippen molar-refractivity contribution in [1.82, 2.24) is 19.7 Å². The maximum Gasteiger partial charge on any atom is 0.232 e. The number of ether oxygens (including phenoxy) is 1. The normalized spacial score (nSPS) is 18.6. The Morgan fingerprint density at radius 1 is 1.30 bits per heavy atom. The third-order valence-corrected chi connectivity index (χ3v) is 6.65. The lowest BCUT2D eigenvalue weighted by Crippen LogP contribution is -2.29. The summed E-state index contributed by atoms with van der Waals surface area (Å²) >= 11 is 1.43. The third kappa shape index (κ3) is 5.14. The van der Waals surface area contributed by atoms with Gasteiger partial charge in [0.15, 0.2) is 11.0 Å². The van der Waals surface area contributed by atoms with E-state index in [4.69, 9.17) is 10.00 Å². The molecule has 8 heteroatoms. The van der Waals surface area contributed by atoms with Crippen LogP contribution in [0.25, 0.3) is 11.4 Å². The number of benzene rings is 1. The van der Waals surface area contributed by atoms with Gasteiger partial charge in [-0.25, -0.2) is 0 Å². The van der Waals surface area contributed by atoms with Crippen LogP contribution in [-0.2, 0) is 4.79 Å². The molecule has 0 radical (unpaired) electrons. The molecule has 1 fully saturated rings. The van der Waals surface area contributed by atoms with Crippen molar-refractivity contribution in [2.75, 3.05) is 26.5 Å². The molecule has 1 aliphatic rings. The van der Waals surface area contributed by atoms with Gasteiger partial charge in [-0.2, -0.15) is 5.26 Å². The summed E-state index contributed by atoms with van der Waals surface area (Å²) in [5, 5.41) is 18.5. The van der Waals surface area contributed by atoms with Gasteiger partial charge in [0.25, 0.3) is 0 Å². The van der Waals surface area contributed by atoms with Gasteiger partial charge in [-0.1, -0.05) is 31.5 Å². The molecule has 1 saturated carbocycles. The molecule has 0 bridgehead atoms. The predicted molar refractivity (Wildman–Crippen MR) is 117 cm³/mol. The zero-order chi connectivity index (χ0) is 21.5. The Morgan fingerprint density at radius 3 is 2.70 bits per heavy atom. The van der Waals surface area contributed by atoms with Crippen LogP contribution in [0.3, 0.4) is 0 Å². The van der Waals surface area contributed by atoms with Crippen LogP contribution in [0.2, 0.25) is 0 Å². The first-order chi connectivity index (χ1) is 14.5.